The lowest BCUT2D eigenvalue weighted by Gasteiger charge is -2.25. The van der Waals surface area contributed by atoms with Crippen LogP contribution in [0.3, 0.4) is 0 Å². The topological polar surface area (TPSA) is 28.2 Å². The lowest BCUT2D eigenvalue weighted by molar-refractivity contribution is 0.712. The van der Waals surface area contributed by atoms with E-state index in [2.05, 4.69) is 39.5 Å². The molecular weight excluding hydrogens is 246 g/mol. The predicted octanol–water partition coefficient (Wildman–Crippen LogP) is 2.98. The Morgan fingerprint density at radius 2 is 2.06 bits per heavy atom. The van der Waals surface area contributed by atoms with Crippen molar-refractivity contribution in [1.29, 1.82) is 0 Å². The summed E-state index contributed by atoms with van der Waals surface area (Å²) in [7, 11) is 0. The number of benzene rings is 1. The quantitative estimate of drug-likeness (QED) is 0.853. The summed E-state index contributed by atoms with van der Waals surface area (Å²) in [6.45, 7) is 2.74. The number of anilines is 2. The molecule has 18 heavy (non-hydrogen) atoms. The Morgan fingerprint density at radius 1 is 1.17 bits per heavy atom. The molecule has 1 N–H and O–H groups in total. The van der Waals surface area contributed by atoms with Gasteiger partial charge in [0.05, 0.1) is 10.7 Å². The van der Waals surface area contributed by atoms with Crippen molar-refractivity contribution in [3.8, 4) is 0 Å². The summed E-state index contributed by atoms with van der Waals surface area (Å²) in [5.74, 6) is 0. The molecule has 0 saturated heterocycles. The average molecular weight is 260 g/mol. The largest absolute Gasteiger partial charge is 0.339 e. The Hall–Kier alpha value is -1.58. The smallest absolute Gasteiger partial charge is 0.0826 e. The molecule has 3 nitrogen and oxygen atoms in total. The highest BCUT2D eigenvalue weighted by Crippen LogP contribution is 2.33. The second-order valence-electron chi connectivity index (χ2n) is 4.28. The SMILES string of the molecule is Clc1cnccc1N1CCNCc2ccccc21. The average Bonchev–Trinajstić information content (AvgIpc) is 2.62. The lowest BCUT2D eigenvalue weighted by atomic mass is 10.1. The standard InChI is InChI=1S/C14H14ClN3/c15-12-10-16-6-5-14(12)18-8-7-17-9-11-3-1-2-4-13(11)18/h1-6,10,17H,7-9H2. The number of pyridine rings is 1. The van der Waals surface area contributed by atoms with Crippen molar-refractivity contribution in [2.75, 3.05) is 18.0 Å². The molecule has 0 radical (unpaired) electrons. The molecule has 0 aliphatic carbocycles. The maximum absolute atomic E-state index is 6.25. The van der Waals surface area contributed by atoms with Crippen LogP contribution in [0.4, 0.5) is 11.4 Å². The Labute approximate surface area is 111 Å². The molecule has 0 amide bonds. The summed E-state index contributed by atoms with van der Waals surface area (Å²) < 4.78 is 0. The van der Waals surface area contributed by atoms with Gasteiger partial charge in [0.25, 0.3) is 0 Å². The van der Waals surface area contributed by atoms with Crippen molar-refractivity contribution >= 4 is 23.0 Å². The van der Waals surface area contributed by atoms with Crippen molar-refractivity contribution in [1.82, 2.24) is 10.3 Å². The highest BCUT2D eigenvalue weighted by molar-refractivity contribution is 6.33. The van der Waals surface area contributed by atoms with Crippen molar-refractivity contribution in [2.24, 2.45) is 0 Å². The minimum Gasteiger partial charge on any atom is -0.339 e. The van der Waals surface area contributed by atoms with E-state index in [1.807, 2.05) is 6.07 Å². The third kappa shape index (κ3) is 2.07. The minimum absolute atomic E-state index is 0.689. The molecule has 1 aliphatic heterocycles. The molecule has 3 rings (SSSR count). The Morgan fingerprint density at radius 3 is 2.94 bits per heavy atom. The summed E-state index contributed by atoms with van der Waals surface area (Å²) >= 11 is 6.25. The van der Waals surface area contributed by atoms with Crippen LogP contribution in [0.2, 0.25) is 5.02 Å². The van der Waals surface area contributed by atoms with Crippen molar-refractivity contribution in [3.63, 3.8) is 0 Å². The summed E-state index contributed by atoms with van der Waals surface area (Å²) in [6.07, 6.45) is 3.47. The van der Waals surface area contributed by atoms with Gasteiger partial charge in [-0.1, -0.05) is 29.8 Å². The number of hydrogen-bond donors (Lipinski definition) is 1. The zero-order valence-corrected chi connectivity index (χ0v) is 10.7. The molecule has 0 spiro atoms. The van der Waals surface area contributed by atoms with Gasteiger partial charge < -0.3 is 10.2 Å². The van der Waals surface area contributed by atoms with Crippen molar-refractivity contribution in [2.45, 2.75) is 6.54 Å². The van der Waals surface area contributed by atoms with Gasteiger partial charge in [-0.05, 0) is 17.7 Å². The molecule has 0 saturated carbocycles. The monoisotopic (exact) mass is 259 g/mol. The highest BCUT2D eigenvalue weighted by atomic mass is 35.5. The van der Waals surface area contributed by atoms with Gasteiger partial charge in [-0.25, -0.2) is 0 Å². The molecule has 1 aliphatic rings. The van der Waals surface area contributed by atoms with Gasteiger partial charge in [-0.15, -0.1) is 0 Å². The molecule has 4 heteroatoms. The lowest BCUT2D eigenvalue weighted by Crippen LogP contribution is -2.24. The molecular formula is C14H14ClN3. The van der Waals surface area contributed by atoms with E-state index in [1.165, 1.54) is 11.3 Å². The van der Waals surface area contributed by atoms with E-state index < -0.39 is 0 Å². The molecule has 0 atom stereocenters. The fourth-order valence-corrected chi connectivity index (χ4v) is 2.52. The summed E-state index contributed by atoms with van der Waals surface area (Å²) in [5, 5.41) is 4.11. The van der Waals surface area contributed by atoms with Crippen LogP contribution in [-0.2, 0) is 6.54 Å². The molecule has 1 aromatic heterocycles. The zero-order chi connectivity index (χ0) is 12.4. The van der Waals surface area contributed by atoms with Gasteiger partial charge in [0.1, 0.15) is 0 Å². The predicted molar refractivity (Wildman–Crippen MR) is 74.4 cm³/mol. The summed E-state index contributed by atoms with van der Waals surface area (Å²) in [5.41, 5.74) is 3.53. The van der Waals surface area contributed by atoms with Crippen LogP contribution in [0.25, 0.3) is 0 Å². The van der Waals surface area contributed by atoms with E-state index in [0.29, 0.717) is 5.02 Å². The van der Waals surface area contributed by atoms with Crippen LogP contribution in [0.1, 0.15) is 5.56 Å². The van der Waals surface area contributed by atoms with Crippen LogP contribution < -0.4 is 10.2 Å². The molecule has 2 aromatic rings. The molecule has 0 bridgehead atoms. The maximum Gasteiger partial charge on any atom is 0.0826 e. The molecule has 0 fully saturated rings. The van der Waals surface area contributed by atoms with Crippen molar-refractivity contribution in [3.05, 3.63) is 53.3 Å². The zero-order valence-electron chi connectivity index (χ0n) is 9.94. The van der Waals surface area contributed by atoms with Gasteiger partial charge in [0, 0.05) is 37.7 Å². The Bertz CT molecular complexity index is 556. The molecule has 1 aromatic carbocycles. The molecule has 92 valence electrons. The van der Waals surface area contributed by atoms with E-state index >= 15 is 0 Å². The first-order valence-electron chi connectivity index (χ1n) is 6.02. The third-order valence-corrected chi connectivity index (χ3v) is 3.44. The van der Waals surface area contributed by atoms with Crippen LogP contribution in [0.15, 0.2) is 42.7 Å². The third-order valence-electron chi connectivity index (χ3n) is 3.15. The van der Waals surface area contributed by atoms with E-state index in [0.717, 1.165) is 25.3 Å². The fourth-order valence-electron chi connectivity index (χ4n) is 2.29. The summed E-state index contributed by atoms with van der Waals surface area (Å²) in [4.78, 5) is 6.29. The number of halogens is 1. The van der Waals surface area contributed by atoms with Crippen LogP contribution >= 0.6 is 11.6 Å². The van der Waals surface area contributed by atoms with Crippen LogP contribution in [0.5, 0.6) is 0 Å². The Kier molecular flexibility index (Phi) is 3.17. The number of fused-ring (bicyclic) bond motifs is 1. The number of hydrogen-bond acceptors (Lipinski definition) is 3. The van der Waals surface area contributed by atoms with Crippen LogP contribution in [0, 0.1) is 0 Å². The van der Waals surface area contributed by atoms with E-state index in [4.69, 9.17) is 11.6 Å². The maximum atomic E-state index is 6.25. The van der Waals surface area contributed by atoms with Gasteiger partial charge in [0.2, 0.25) is 0 Å². The van der Waals surface area contributed by atoms with E-state index in [9.17, 15) is 0 Å². The fraction of sp³-hybridized carbons (Fsp3) is 0.214. The van der Waals surface area contributed by atoms with Gasteiger partial charge in [-0.3, -0.25) is 4.98 Å². The number of para-hydroxylation sites is 1. The molecule has 0 unspecified atom stereocenters. The van der Waals surface area contributed by atoms with Gasteiger partial charge in [0.15, 0.2) is 0 Å². The van der Waals surface area contributed by atoms with Gasteiger partial charge in [-0.2, -0.15) is 0 Å². The van der Waals surface area contributed by atoms with Gasteiger partial charge >= 0.3 is 0 Å². The normalized spacial score (nSPS) is 15.1. The van der Waals surface area contributed by atoms with Crippen LogP contribution in [-0.4, -0.2) is 18.1 Å². The number of nitrogens with one attached hydrogen (secondary N) is 1. The highest BCUT2D eigenvalue weighted by Gasteiger charge is 2.17. The number of nitrogens with zero attached hydrogens (tertiary/aromatic N) is 2. The van der Waals surface area contributed by atoms with E-state index in [1.54, 1.807) is 12.4 Å². The number of aromatic nitrogens is 1. The molecule has 2 heterocycles. The second-order valence-corrected chi connectivity index (χ2v) is 4.69. The first-order valence-corrected chi connectivity index (χ1v) is 6.40. The minimum atomic E-state index is 0.689. The first-order chi connectivity index (χ1) is 8.86. The number of rotatable bonds is 1. The first kappa shape index (κ1) is 11.5. The second kappa shape index (κ2) is 4.96. The van der Waals surface area contributed by atoms with E-state index in [-0.39, 0.29) is 0 Å². The summed E-state index contributed by atoms with van der Waals surface area (Å²) in [6, 6.07) is 10.4. The Balaban J connectivity index is 2.10. The van der Waals surface area contributed by atoms with Crippen molar-refractivity contribution < 1.29 is 0 Å².